The maximum atomic E-state index is 7.91. The van der Waals surface area contributed by atoms with Crippen molar-refractivity contribution in [1.82, 2.24) is 29.9 Å². The Morgan fingerprint density at radius 3 is 0.819 bits per heavy atom. The van der Waals surface area contributed by atoms with Crippen molar-refractivity contribution < 1.29 is 0 Å². The third kappa shape index (κ3) is 12.4. The molecule has 0 radical (unpaired) electrons. The van der Waals surface area contributed by atoms with Crippen LogP contribution in [0.15, 0.2) is 413 Å². The van der Waals surface area contributed by atoms with Crippen molar-refractivity contribution in [2.24, 2.45) is 0 Å². The third-order valence-corrected chi connectivity index (χ3v) is 22.8. The number of hydrogen-bond acceptors (Lipinski definition) is 6. The van der Waals surface area contributed by atoms with Crippen LogP contribution >= 0.6 is 0 Å². The second-order valence-corrected chi connectivity index (χ2v) is 29.4. The summed E-state index contributed by atoms with van der Waals surface area (Å²) in [6.07, 6.45) is 0. The van der Waals surface area contributed by atoms with E-state index in [1.165, 1.54) is 55.3 Å². The lowest BCUT2D eigenvalue weighted by Gasteiger charge is -2.34. The Kier molecular flexibility index (Phi) is 17.7. The molecule has 0 aliphatic heterocycles. The van der Waals surface area contributed by atoms with Crippen molar-refractivity contribution in [2.45, 2.75) is 10.8 Å². The average Bonchev–Trinajstić information content (AvgIpc) is 1.54. The Balaban J connectivity index is 0.000000150. The molecule has 0 bridgehead atoms. The van der Waals surface area contributed by atoms with Crippen molar-refractivity contribution in [2.75, 3.05) is 0 Å². The summed E-state index contributed by atoms with van der Waals surface area (Å²) in [7, 11) is 0. The fourth-order valence-corrected chi connectivity index (χ4v) is 17.3. The van der Waals surface area contributed by atoms with Crippen molar-refractivity contribution in [1.29, 1.82) is 0 Å². The molecule has 0 atom stereocenters. The highest BCUT2D eigenvalue weighted by molar-refractivity contribution is 5.94. The summed E-state index contributed by atoms with van der Waals surface area (Å²) in [5.41, 5.74) is 26.3. The molecule has 0 unspecified atom stereocenters. The van der Waals surface area contributed by atoms with Gasteiger partial charge in [0.2, 0.25) is 0 Å². The first-order valence-electron chi connectivity index (χ1n) is 38.8. The fourth-order valence-electron chi connectivity index (χ4n) is 17.3. The largest absolute Gasteiger partial charge is 0.238 e. The van der Waals surface area contributed by atoms with Crippen LogP contribution in [0.2, 0.25) is 0 Å². The van der Waals surface area contributed by atoms with Crippen LogP contribution in [0.5, 0.6) is 0 Å². The van der Waals surface area contributed by atoms with Crippen molar-refractivity contribution in [3.05, 3.63) is 480 Å². The molecule has 8 nitrogen and oxygen atoms in total. The number of benzene rings is 17. The van der Waals surface area contributed by atoms with Gasteiger partial charge in [0, 0.05) is 33.4 Å². The molecule has 19 aromatic rings. The van der Waals surface area contributed by atoms with E-state index in [0.717, 1.165) is 99.8 Å². The van der Waals surface area contributed by atoms with E-state index < -0.39 is 10.8 Å². The molecule has 0 N–H and O–H groups in total. The molecule has 0 saturated heterocycles. The highest BCUT2D eigenvalue weighted by atomic mass is 15.0. The molecule has 0 fully saturated rings. The van der Waals surface area contributed by atoms with E-state index >= 15 is 0 Å². The van der Waals surface area contributed by atoms with Gasteiger partial charge in [-0.25, -0.2) is 39.6 Å². The maximum absolute atomic E-state index is 7.91. The third-order valence-electron chi connectivity index (χ3n) is 22.8. The molecular weight excluding hydrogens is 1410 g/mol. The van der Waals surface area contributed by atoms with Crippen LogP contribution in [0.3, 0.4) is 0 Å². The highest BCUT2D eigenvalue weighted by Gasteiger charge is 2.48. The molecule has 0 amide bonds. The van der Waals surface area contributed by atoms with Crippen molar-refractivity contribution in [3.8, 4) is 124 Å². The van der Waals surface area contributed by atoms with Gasteiger partial charge in [-0.3, -0.25) is 0 Å². The van der Waals surface area contributed by atoms with E-state index in [0.29, 0.717) is 46.3 Å². The molecule has 0 spiro atoms. The van der Waals surface area contributed by atoms with Crippen LogP contribution in [-0.4, -0.2) is 29.9 Å². The summed E-state index contributed by atoms with van der Waals surface area (Å²) in [5.74, 6) is 3.75. The van der Waals surface area contributed by atoms with Gasteiger partial charge in [-0.05, 0) is 152 Å². The molecule has 21 rings (SSSR count). The lowest BCUT2D eigenvalue weighted by molar-refractivity contribution is 0.769. The number of rotatable bonds is 13. The predicted octanol–water partition coefficient (Wildman–Crippen LogP) is 26.9. The van der Waals surface area contributed by atoms with Gasteiger partial charge >= 0.3 is 0 Å². The predicted molar refractivity (Wildman–Crippen MR) is 471 cm³/mol. The molecule has 2 aliphatic rings. The van der Waals surface area contributed by atoms with Gasteiger partial charge in [0.1, 0.15) is 0 Å². The van der Waals surface area contributed by atoms with Gasteiger partial charge in [-0.2, -0.15) is 0 Å². The second-order valence-electron chi connectivity index (χ2n) is 29.4. The monoisotopic (exact) mass is 1480 g/mol. The standard InChI is InChI=1S/C55H34N4.C53H34N4/c1-56-47-29-30-48-49-34-42(28-31-50(49)55(51(48)35-47,45-16-4-2-5-17-45)46-18-6-3-7-19-46)38-20-24-39(25-21-38)52-57-53(43-26-22-36-12-8-10-14-40(36)32-43)59-54(58-52)44-27-23-37-13-9-11-15-41(37)33-44;1-54-45-30-31-46-47-34-41(29-32-48(47)53(49(46)35-45,43-21-10-4-11-22-43)44-23-12-5-13-24-44)37-25-27-39(28-26-37)51-55-50(38-17-8-3-9-18-38)56-52(57-51)42-20-14-19-40(33-42)36-15-6-2-7-16-36/h2-35H;2-35H. The van der Waals surface area contributed by atoms with Crippen molar-refractivity contribution in [3.63, 3.8) is 0 Å². The SMILES string of the molecule is [C-]#[N+]c1ccc2c(c1)C(c1ccccc1)(c1ccccc1)c1ccc(-c3ccc(-c4nc(-c5ccc6ccccc6c5)nc(-c5ccc6ccccc6c5)n4)cc3)cc1-2.[C-]#[N+]c1ccc2c(c1)C(c1ccccc1)(c1ccccc1)c1ccc(-c3ccc(-c4nc(-c5ccccc5)nc(-c5cccc(-c6ccccc6)c5)n4)cc3)cc1-2. The van der Waals surface area contributed by atoms with Gasteiger partial charge in [-0.15, -0.1) is 0 Å². The van der Waals surface area contributed by atoms with E-state index in [-0.39, 0.29) is 0 Å². The Hall–Kier alpha value is -15.7. The Morgan fingerprint density at radius 2 is 0.440 bits per heavy atom. The summed E-state index contributed by atoms with van der Waals surface area (Å²) in [6.45, 7) is 15.8. The van der Waals surface area contributed by atoms with E-state index in [9.17, 15) is 0 Å². The number of hydrogen-bond donors (Lipinski definition) is 0. The molecule has 8 heteroatoms. The lowest BCUT2D eigenvalue weighted by atomic mass is 9.67. The Bertz CT molecular complexity index is 6890. The fraction of sp³-hybridized carbons (Fsp3) is 0.0185. The van der Waals surface area contributed by atoms with E-state index in [1.807, 2.05) is 48.5 Å². The number of nitrogens with zero attached hydrogens (tertiary/aromatic N) is 8. The summed E-state index contributed by atoms with van der Waals surface area (Å²) in [4.78, 5) is 38.0. The van der Waals surface area contributed by atoms with Crippen LogP contribution in [0.25, 0.3) is 155 Å². The average molecular weight is 1480 g/mol. The lowest BCUT2D eigenvalue weighted by Crippen LogP contribution is -2.28. The summed E-state index contributed by atoms with van der Waals surface area (Å²) >= 11 is 0. The molecular formula is C108H68N8. The second kappa shape index (κ2) is 29.5. The zero-order valence-corrected chi connectivity index (χ0v) is 62.8. The number of fused-ring (bicyclic) bond motifs is 8. The molecule has 2 aliphatic carbocycles. The van der Waals surface area contributed by atoms with E-state index in [1.54, 1.807) is 0 Å². The van der Waals surface area contributed by atoms with Crippen LogP contribution in [0, 0.1) is 13.1 Å². The van der Waals surface area contributed by atoms with Gasteiger partial charge in [-0.1, -0.05) is 382 Å². The van der Waals surface area contributed by atoms with Gasteiger partial charge < -0.3 is 0 Å². The molecule has 17 aromatic carbocycles. The molecule has 116 heavy (non-hydrogen) atoms. The van der Waals surface area contributed by atoms with Crippen LogP contribution < -0.4 is 0 Å². The molecule has 540 valence electrons. The van der Waals surface area contributed by atoms with Gasteiger partial charge in [0.15, 0.2) is 46.3 Å². The zero-order chi connectivity index (χ0) is 77.5. The first-order chi connectivity index (χ1) is 57.3. The summed E-state index contributed by atoms with van der Waals surface area (Å²) in [5, 5.41) is 4.61. The van der Waals surface area contributed by atoms with Crippen LogP contribution in [0.4, 0.5) is 11.4 Å². The van der Waals surface area contributed by atoms with Crippen molar-refractivity contribution >= 4 is 32.9 Å². The van der Waals surface area contributed by atoms with Gasteiger partial charge in [0.25, 0.3) is 0 Å². The molecule has 2 heterocycles. The Morgan fingerprint density at radius 1 is 0.172 bits per heavy atom. The summed E-state index contributed by atoms with van der Waals surface area (Å²) < 4.78 is 0. The van der Waals surface area contributed by atoms with Gasteiger partial charge in [0.05, 0.1) is 24.0 Å². The maximum Gasteiger partial charge on any atom is 0.187 e. The van der Waals surface area contributed by atoms with E-state index in [2.05, 4.69) is 374 Å². The van der Waals surface area contributed by atoms with Crippen LogP contribution in [-0.2, 0) is 10.8 Å². The minimum absolute atomic E-state index is 0.566. The zero-order valence-electron chi connectivity index (χ0n) is 62.8. The quantitative estimate of drug-likeness (QED) is 0.107. The molecule has 2 aromatic heterocycles. The summed E-state index contributed by atoms with van der Waals surface area (Å²) in [6, 6.07) is 144. The number of aromatic nitrogens is 6. The van der Waals surface area contributed by atoms with Crippen LogP contribution in [0.1, 0.15) is 44.5 Å². The minimum Gasteiger partial charge on any atom is -0.238 e. The smallest absolute Gasteiger partial charge is 0.187 e. The Labute approximate surface area is 673 Å². The first-order valence-corrected chi connectivity index (χ1v) is 38.8. The minimum atomic E-state index is -0.569. The van der Waals surface area contributed by atoms with E-state index in [4.69, 9.17) is 43.0 Å². The molecule has 0 saturated carbocycles. The normalized spacial score (nSPS) is 12.4. The first kappa shape index (κ1) is 69.5. The topological polar surface area (TPSA) is 86.1 Å². The highest BCUT2D eigenvalue weighted by Crippen LogP contribution is 2.59.